The predicted molar refractivity (Wildman–Crippen MR) is 199 cm³/mol. The Bertz CT molecular complexity index is 2820. The number of fused-ring (bicyclic) bond motifs is 8. The maximum absolute atomic E-state index is 6.43. The Labute approximate surface area is 281 Å². The van der Waals surface area contributed by atoms with E-state index in [1.54, 1.807) is 0 Å². The summed E-state index contributed by atoms with van der Waals surface area (Å²) >= 11 is 0. The first-order chi connectivity index (χ1) is 24.3. The molecule has 0 spiro atoms. The summed E-state index contributed by atoms with van der Waals surface area (Å²) in [5.74, 6) is 1.82. The van der Waals surface area contributed by atoms with Crippen molar-refractivity contribution in [1.82, 2.24) is 19.9 Å². The van der Waals surface area contributed by atoms with Crippen LogP contribution in [0.5, 0.6) is 0 Å². The fraction of sp³-hybridized carbons (Fsp3) is 0. The lowest BCUT2D eigenvalue weighted by Gasteiger charge is -2.10. The van der Waals surface area contributed by atoms with Crippen molar-refractivity contribution in [3.8, 4) is 45.4 Å². The Morgan fingerprint density at radius 1 is 0.367 bits per heavy atom. The summed E-state index contributed by atoms with van der Waals surface area (Å²) < 4.78 is 6.43. The second-order valence-corrected chi connectivity index (χ2v) is 12.3. The van der Waals surface area contributed by atoms with Crippen molar-refractivity contribution in [3.63, 3.8) is 0 Å². The molecule has 0 unspecified atom stereocenters. The molecule has 5 heteroatoms. The molecule has 49 heavy (non-hydrogen) atoms. The van der Waals surface area contributed by atoms with Gasteiger partial charge in [-0.3, -0.25) is 0 Å². The monoisotopic (exact) mass is 626 g/mol. The van der Waals surface area contributed by atoms with Gasteiger partial charge in [0.15, 0.2) is 17.5 Å². The lowest BCUT2D eigenvalue weighted by molar-refractivity contribution is 0.654. The summed E-state index contributed by atoms with van der Waals surface area (Å²) in [5, 5.41) is 9.22. The molecule has 10 rings (SSSR count). The van der Waals surface area contributed by atoms with Crippen LogP contribution in [0.25, 0.3) is 99.8 Å². The van der Waals surface area contributed by atoms with Crippen LogP contribution in [0.1, 0.15) is 0 Å². The molecule has 0 radical (unpaired) electrons. The first-order valence-electron chi connectivity index (χ1n) is 16.3. The Morgan fingerprint density at radius 2 is 0.980 bits per heavy atom. The van der Waals surface area contributed by atoms with E-state index in [9.17, 15) is 0 Å². The quantitative estimate of drug-likeness (QED) is 0.182. The summed E-state index contributed by atoms with van der Waals surface area (Å²) in [5.41, 5.74) is 5.91. The third-order valence-corrected chi connectivity index (χ3v) is 9.34. The molecule has 0 amide bonds. The van der Waals surface area contributed by atoms with Gasteiger partial charge in [-0.05, 0) is 56.6 Å². The van der Waals surface area contributed by atoms with Crippen molar-refractivity contribution in [3.05, 3.63) is 158 Å². The Hall–Kier alpha value is -6.72. The van der Waals surface area contributed by atoms with Crippen molar-refractivity contribution in [2.75, 3.05) is 0 Å². The highest BCUT2D eigenvalue weighted by molar-refractivity contribution is 6.18. The van der Waals surface area contributed by atoms with Crippen molar-refractivity contribution in [2.45, 2.75) is 0 Å². The number of aromatic nitrogens is 4. The third kappa shape index (κ3) is 4.55. The van der Waals surface area contributed by atoms with E-state index in [1.807, 2.05) is 78.9 Å². The van der Waals surface area contributed by atoms with E-state index >= 15 is 0 Å². The molecule has 7 aromatic carbocycles. The van der Waals surface area contributed by atoms with Gasteiger partial charge in [-0.1, -0.05) is 133 Å². The van der Waals surface area contributed by atoms with E-state index in [0.717, 1.165) is 44.3 Å². The molecule has 0 atom stereocenters. The van der Waals surface area contributed by atoms with Crippen LogP contribution in [0.15, 0.2) is 162 Å². The molecule has 0 saturated heterocycles. The van der Waals surface area contributed by atoms with Crippen molar-refractivity contribution >= 4 is 54.4 Å². The summed E-state index contributed by atoms with van der Waals surface area (Å²) in [6.45, 7) is 0. The normalized spacial score (nSPS) is 11.7. The Balaban J connectivity index is 1.13. The molecule has 0 bridgehead atoms. The number of nitrogens with zero attached hydrogens (tertiary/aromatic N) is 4. The van der Waals surface area contributed by atoms with Crippen molar-refractivity contribution in [2.24, 2.45) is 0 Å². The zero-order chi connectivity index (χ0) is 32.3. The molecule has 0 aliphatic rings. The molecule has 10 aromatic rings. The maximum Gasteiger partial charge on any atom is 0.227 e. The standard InChI is InChI=1S/C44H26N4O/c1-3-11-29(12-4-1)41-46-42(30-13-5-2-6-14-30)48-43(47-41)35-16-9-17-39-40(35)36-24-25-38(45-44(36)49-39)31-19-18-28-21-22-33-32-15-8-7-10-27(32)20-23-34(33)37(28)26-31/h1-26H. The first-order valence-corrected chi connectivity index (χ1v) is 16.3. The van der Waals surface area contributed by atoms with Crippen LogP contribution in [-0.4, -0.2) is 19.9 Å². The molecular formula is C44H26N4O. The smallest absolute Gasteiger partial charge is 0.227 e. The van der Waals surface area contributed by atoms with Crippen molar-refractivity contribution in [1.29, 1.82) is 0 Å². The lowest BCUT2D eigenvalue weighted by atomic mass is 9.95. The molecule has 3 aromatic heterocycles. The number of furan rings is 1. The summed E-state index contributed by atoms with van der Waals surface area (Å²) in [6, 6.07) is 54.2. The van der Waals surface area contributed by atoms with Crippen LogP contribution in [0, 0.1) is 0 Å². The van der Waals surface area contributed by atoms with E-state index in [-0.39, 0.29) is 0 Å². The average Bonchev–Trinajstić information content (AvgIpc) is 3.56. The minimum Gasteiger partial charge on any atom is -0.438 e. The van der Waals surface area contributed by atoms with Gasteiger partial charge in [-0.2, -0.15) is 0 Å². The zero-order valence-corrected chi connectivity index (χ0v) is 26.2. The highest BCUT2D eigenvalue weighted by Gasteiger charge is 2.19. The largest absolute Gasteiger partial charge is 0.438 e. The fourth-order valence-corrected chi connectivity index (χ4v) is 6.96. The van der Waals surface area contributed by atoms with E-state index in [2.05, 4.69) is 78.9 Å². The third-order valence-electron chi connectivity index (χ3n) is 9.34. The molecule has 0 aliphatic carbocycles. The Morgan fingerprint density at radius 3 is 1.73 bits per heavy atom. The van der Waals surface area contributed by atoms with Crippen LogP contribution >= 0.6 is 0 Å². The number of benzene rings is 7. The van der Waals surface area contributed by atoms with E-state index in [0.29, 0.717) is 23.2 Å². The van der Waals surface area contributed by atoms with E-state index in [1.165, 1.54) is 32.3 Å². The predicted octanol–water partition coefficient (Wildman–Crippen LogP) is 11.3. The van der Waals surface area contributed by atoms with Gasteiger partial charge in [0.2, 0.25) is 5.71 Å². The molecular weight excluding hydrogens is 601 g/mol. The highest BCUT2D eigenvalue weighted by atomic mass is 16.3. The van der Waals surface area contributed by atoms with Gasteiger partial charge < -0.3 is 4.42 Å². The summed E-state index contributed by atoms with van der Waals surface area (Å²) in [4.78, 5) is 19.9. The molecule has 3 heterocycles. The fourth-order valence-electron chi connectivity index (χ4n) is 6.96. The van der Waals surface area contributed by atoms with Gasteiger partial charge >= 0.3 is 0 Å². The number of hydrogen-bond acceptors (Lipinski definition) is 5. The molecule has 0 aliphatic heterocycles. The minimum atomic E-state index is 0.574. The van der Waals surface area contributed by atoms with E-state index < -0.39 is 0 Å². The maximum atomic E-state index is 6.43. The topological polar surface area (TPSA) is 64.7 Å². The SMILES string of the molecule is c1ccc(-c2nc(-c3ccccc3)nc(-c3cccc4oc5nc(-c6ccc7ccc8c9ccccc9ccc8c7c6)ccc5c34)n2)cc1. The molecule has 5 nitrogen and oxygen atoms in total. The number of rotatable bonds is 4. The van der Waals surface area contributed by atoms with Gasteiger partial charge in [0.1, 0.15) is 5.58 Å². The summed E-state index contributed by atoms with van der Waals surface area (Å²) in [6.07, 6.45) is 0. The first kappa shape index (κ1) is 27.4. The van der Waals surface area contributed by atoms with E-state index in [4.69, 9.17) is 24.4 Å². The van der Waals surface area contributed by atoms with Gasteiger partial charge in [0.25, 0.3) is 0 Å². The lowest BCUT2D eigenvalue weighted by Crippen LogP contribution is -2.00. The van der Waals surface area contributed by atoms with Crippen LogP contribution in [-0.2, 0) is 0 Å². The van der Waals surface area contributed by atoms with Crippen molar-refractivity contribution < 1.29 is 4.42 Å². The van der Waals surface area contributed by atoms with Gasteiger partial charge in [-0.25, -0.2) is 19.9 Å². The second-order valence-electron chi connectivity index (χ2n) is 12.3. The van der Waals surface area contributed by atoms with Crippen LogP contribution in [0.4, 0.5) is 0 Å². The highest BCUT2D eigenvalue weighted by Crippen LogP contribution is 2.38. The number of pyridine rings is 1. The van der Waals surface area contributed by atoms with Crippen LogP contribution in [0.3, 0.4) is 0 Å². The number of hydrogen-bond donors (Lipinski definition) is 0. The van der Waals surface area contributed by atoms with Crippen LogP contribution in [0.2, 0.25) is 0 Å². The molecule has 0 fully saturated rings. The van der Waals surface area contributed by atoms with Gasteiger partial charge in [0, 0.05) is 33.0 Å². The molecule has 0 N–H and O–H groups in total. The zero-order valence-electron chi connectivity index (χ0n) is 26.2. The molecule has 228 valence electrons. The minimum absolute atomic E-state index is 0.574. The van der Waals surface area contributed by atoms with Crippen LogP contribution < -0.4 is 0 Å². The second kappa shape index (κ2) is 10.9. The van der Waals surface area contributed by atoms with Gasteiger partial charge in [0.05, 0.1) is 5.69 Å². The van der Waals surface area contributed by atoms with Gasteiger partial charge in [-0.15, -0.1) is 0 Å². The Kier molecular flexibility index (Phi) is 6.11. The average molecular weight is 627 g/mol. The molecule has 0 saturated carbocycles. The summed E-state index contributed by atoms with van der Waals surface area (Å²) in [7, 11) is 0.